The molecule has 1 aliphatic rings. The van der Waals surface area contributed by atoms with Crippen LogP contribution in [0.15, 0.2) is 36.4 Å². The largest absolute Gasteiger partial charge is 0.372 e. The highest BCUT2D eigenvalue weighted by Crippen LogP contribution is 2.36. The number of nitrogens with one attached hydrogen (secondary N) is 1. The number of anilines is 2. The van der Waals surface area contributed by atoms with Crippen molar-refractivity contribution < 1.29 is 9.59 Å². The summed E-state index contributed by atoms with van der Waals surface area (Å²) in [5.41, 5.74) is 0.745. The van der Waals surface area contributed by atoms with Gasteiger partial charge in [0.15, 0.2) is 0 Å². The number of imide groups is 1. The third kappa shape index (κ3) is 3.07. The van der Waals surface area contributed by atoms with Crippen molar-refractivity contribution >= 4 is 69.6 Å². The van der Waals surface area contributed by atoms with Gasteiger partial charge in [0.2, 0.25) is 5.91 Å². The Kier molecular flexibility index (Phi) is 4.92. The zero-order valence-corrected chi connectivity index (χ0v) is 15.0. The third-order valence-electron chi connectivity index (χ3n) is 3.60. The van der Waals surface area contributed by atoms with Crippen LogP contribution in [-0.4, -0.2) is 17.9 Å². The minimum atomic E-state index is -0.761. The van der Waals surface area contributed by atoms with Crippen LogP contribution in [0.5, 0.6) is 0 Å². The average Bonchev–Trinajstić information content (AvgIpc) is 2.81. The summed E-state index contributed by atoms with van der Waals surface area (Å²) in [5, 5.41) is 4.03. The topological polar surface area (TPSA) is 49.4 Å². The third-order valence-corrected chi connectivity index (χ3v) is 5.23. The van der Waals surface area contributed by atoms with Gasteiger partial charge in [-0.3, -0.25) is 9.59 Å². The van der Waals surface area contributed by atoms with Crippen LogP contribution in [0.4, 0.5) is 11.4 Å². The van der Waals surface area contributed by atoms with Crippen molar-refractivity contribution in [3.05, 3.63) is 56.5 Å². The molecule has 2 aromatic rings. The van der Waals surface area contributed by atoms with Crippen LogP contribution in [0.25, 0.3) is 0 Å². The minimum absolute atomic E-state index is 0.0233. The number of benzene rings is 2. The van der Waals surface area contributed by atoms with Gasteiger partial charge in [0, 0.05) is 0 Å². The molecule has 0 aliphatic carbocycles. The molecule has 2 amide bonds. The summed E-state index contributed by atoms with van der Waals surface area (Å²) in [5.74, 6) is -0.806. The SMILES string of the molecule is O=C1C[C@H](Nc2cccc(Cl)c2Cl)C(=O)N1c1cccc(Cl)c1Cl. The predicted molar refractivity (Wildman–Crippen MR) is 97.4 cm³/mol. The van der Waals surface area contributed by atoms with Gasteiger partial charge in [0.1, 0.15) is 6.04 Å². The first-order chi connectivity index (χ1) is 11.4. The second-order valence-corrected chi connectivity index (χ2v) is 6.71. The molecule has 1 fully saturated rings. The number of amides is 2. The smallest absolute Gasteiger partial charge is 0.256 e. The number of hydrogen-bond donors (Lipinski definition) is 1. The van der Waals surface area contributed by atoms with Crippen molar-refractivity contribution in [2.45, 2.75) is 12.5 Å². The fourth-order valence-electron chi connectivity index (χ4n) is 2.47. The number of nitrogens with zero attached hydrogens (tertiary/aromatic N) is 1. The maximum atomic E-state index is 12.6. The highest BCUT2D eigenvalue weighted by molar-refractivity contribution is 6.45. The first-order valence-electron chi connectivity index (χ1n) is 6.91. The number of carbonyl (C=O) groups excluding carboxylic acids is 2. The summed E-state index contributed by atoms with van der Waals surface area (Å²) in [6.07, 6.45) is -0.0233. The lowest BCUT2D eigenvalue weighted by Gasteiger charge is -2.18. The second kappa shape index (κ2) is 6.81. The Morgan fingerprint density at radius 3 is 2.25 bits per heavy atom. The Labute approximate surface area is 158 Å². The normalized spacial score (nSPS) is 17.5. The number of rotatable bonds is 3. The van der Waals surface area contributed by atoms with Gasteiger partial charge in [-0.25, -0.2) is 4.90 Å². The first-order valence-corrected chi connectivity index (χ1v) is 8.42. The molecule has 0 unspecified atom stereocenters. The van der Waals surface area contributed by atoms with E-state index in [1.165, 1.54) is 0 Å². The van der Waals surface area contributed by atoms with Crippen molar-refractivity contribution in [1.29, 1.82) is 0 Å². The van der Waals surface area contributed by atoms with E-state index in [2.05, 4.69) is 5.32 Å². The van der Waals surface area contributed by atoms with Crippen LogP contribution < -0.4 is 10.2 Å². The summed E-state index contributed by atoms with van der Waals surface area (Å²) in [6, 6.07) is 9.03. The van der Waals surface area contributed by atoms with Crippen LogP contribution in [0.2, 0.25) is 20.1 Å². The van der Waals surface area contributed by atoms with E-state index in [-0.39, 0.29) is 28.1 Å². The van der Waals surface area contributed by atoms with Crippen LogP contribution in [-0.2, 0) is 9.59 Å². The average molecular weight is 404 g/mol. The lowest BCUT2D eigenvalue weighted by Crippen LogP contribution is -2.35. The zero-order valence-electron chi connectivity index (χ0n) is 12.0. The van der Waals surface area contributed by atoms with Crippen molar-refractivity contribution in [2.24, 2.45) is 0 Å². The molecule has 0 spiro atoms. The fourth-order valence-corrected chi connectivity index (χ4v) is 3.20. The quantitative estimate of drug-likeness (QED) is 0.730. The van der Waals surface area contributed by atoms with Gasteiger partial charge in [-0.15, -0.1) is 0 Å². The maximum absolute atomic E-state index is 12.6. The molecule has 1 saturated heterocycles. The van der Waals surface area contributed by atoms with Gasteiger partial charge in [-0.1, -0.05) is 58.5 Å². The molecule has 4 nitrogen and oxygen atoms in total. The Bertz CT molecular complexity index is 841. The summed E-state index contributed by atoms with van der Waals surface area (Å²) in [4.78, 5) is 26.0. The van der Waals surface area contributed by atoms with E-state index in [9.17, 15) is 9.59 Å². The molecule has 1 N–H and O–H groups in total. The van der Waals surface area contributed by atoms with Gasteiger partial charge >= 0.3 is 0 Å². The molecule has 124 valence electrons. The van der Waals surface area contributed by atoms with E-state index in [1.807, 2.05) is 0 Å². The monoisotopic (exact) mass is 402 g/mol. The van der Waals surface area contributed by atoms with Crippen molar-refractivity contribution in [3.63, 3.8) is 0 Å². The van der Waals surface area contributed by atoms with Gasteiger partial charge in [-0.05, 0) is 24.3 Å². The molecule has 1 heterocycles. The molecule has 1 aliphatic heterocycles. The van der Waals surface area contributed by atoms with Crippen LogP contribution >= 0.6 is 46.4 Å². The Balaban J connectivity index is 1.89. The van der Waals surface area contributed by atoms with Crippen molar-refractivity contribution in [3.8, 4) is 0 Å². The predicted octanol–water partition coefficient (Wildman–Crippen LogP) is 5.04. The zero-order chi connectivity index (χ0) is 17.4. The Hall–Kier alpha value is -1.46. The highest BCUT2D eigenvalue weighted by Gasteiger charge is 2.40. The van der Waals surface area contributed by atoms with E-state index >= 15 is 0 Å². The lowest BCUT2D eigenvalue weighted by molar-refractivity contribution is -0.121. The molecule has 0 bridgehead atoms. The molecular weight excluding hydrogens is 394 g/mol. The highest BCUT2D eigenvalue weighted by atomic mass is 35.5. The number of hydrogen-bond acceptors (Lipinski definition) is 3. The van der Waals surface area contributed by atoms with Crippen molar-refractivity contribution in [2.75, 3.05) is 10.2 Å². The standard InChI is InChI=1S/C16H10Cl4N2O2/c17-8-3-1-5-10(14(8)19)21-11-7-13(23)22(16(11)24)12-6-2-4-9(18)15(12)20/h1-6,11,21H,7H2/t11-/m0/s1. The maximum Gasteiger partial charge on any atom is 0.256 e. The number of carbonyl (C=O) groups is 2. The van der Waals surface area contributed by atoms with E-state index in [1.54, 1.807) is 36.4 Å². The van der Waals surface area contributed by atoms with Crippen LogP contribution in [0.3, 0.4) is 0 Å². The summed E-state index contributed by atoms with van der Waals surface area (Å²) < 4.78 is 0. The molecule has 1 atom stereocenters. The van der Waals surface area contributed by atoms with Gasteiger partial charge in [0.05, 0.1) is 37.9 Å². The van der Waals surface area contributed by atoms with Gasteiger partial charge in [-0.2, -0.15) is 0 Å². The second-order valence-electron chi connectivity index (χ2n) is 5.14. The molecule has 2 aromatic carbocycles. The van der Waals surface area contributed by atoms with Crippen LogP contribution in [0, 0.1) is 0 Å². The summed E-state index contributed by atoms with van der Waals surface area (Å²) >= 11 is 24.2. The number of halogens is 4. The minimum Gasteiger partial charge on any atom is -0.372 e. The Morgan fingerprint density at radius 2 is 1.54 bits per heavy atom. The molecule has 24 heavy (non-hydrogen) atoms. The van der Waals surface area contributed by atoms with Crippen LogP contribution in [0.1, 0.15) is 6.42 Å². The molecule has 0 radical (unpaired) electrons. The van der Waals surface area contributed by atoms with Crippen molar-refractivity contribution in [1.82, 2.24) is 0 Å². The molecule has 8 heteroatoms. The van der Waals surface area contributed by atoms with E-state index in [0.717, 1.165) is 4.90 Å². The molecule has 0 saturated carbocycles. The van der Waals surface area contributed by atoms with Gasteiger partial charge < -0.3 is 5.32 Å². The molecule has 0 aromatic heterocycles. The first kappa shape index (κ1) is 17.4. The van der Waals surface area contributed by atoms with E-state index in [4.69, 9.17) is 46.4 Å². The van der Waals surface area contributed by atoms with E-state index in [0.29, 0.717) is 15.7 Å². The Morgan fingerprint density at radius 1 is 0.917 bits per heavy atom. The van der Waals surface area contributed by atoms with Gasteiger partial charge in [0.25, 0.3) is 5.91 Å². The molecular formula is C16H10Cl4N2O2. The summed E-state index contributed by atoms with van der Waals surface area (Å²) in [7, 11) is 0. The summed E-state index contributed by atoms with van der Waals surface area (Å²) in [6.45, 7) is 0. The molecule has 3 rings (SSSR count). The van der Waals surface area contributed by atoms with E-state index < -0.39 is 11.9 Å². The lowest BCUT2D eigenvalue weighted by atomic mass is 10.2. The fraction of sp³-hybridized carbons (Fsp3) is 0.125.